The number of nitrogens with zero attached hydrogens (tertiary/aromatic N) is 2. The summed E-state index contributed by atoms with van der Waals surface area (Å²) in [5.41, 5.74) is 2.52. The van der Waals surface area contributed by atoms with Crippen LogP contribution < -0.4 is 15.4 Å². The summed E-state index contributed by atoms with van der Waals surface area (Å²) in [6.07, 6.45) is 3.65. The minimum absolute atomic E-state index is 0.302. The molecular formula is C20H21FN4O2. The van der Waals surface area contributed by atoms with Gasteiger partial charge in [-0.15, -0.1) is 0 Å². The first-order valence-electron chi connectivity index (χ1n) is 8.66. The Morgan fingerprint density at radius 2 is 1.96 bits per heavy atom. The quantitative estimate of drug-likeness (QED) is 0.667. The van der Waals surface area contributed by atoms with Crippen LogP contribution in [0.4, 0.5) is 14.9 Å². The molecular weight excluding hydrogens is 347 g/mol. The molecule has 2 N–H and O–H groups in total. The highest BCUT2D eigenvalue weighted by atomic mass is 19.1. The average molecular weight is 368 g/mol. The molecule has 27 heavy (non-hydrogen) atoms. The van der Waals surface area contributed by atoms with Gasteiger partial charge in [-0.2, -0.15) is 5.10 Å². The standard InChI is InChI=1S/C20H21FN4O2/c1-2-27-19-12-17(21)8-9-18(19)24-20(26)22-13-15-4-6-16(7-5-15)14-25-11-3-10-23-25/h3-12H,2,13-14H2,1H3,(H2,22,24,26). The number of hydrogen-bond donors (Lipinski definition) is 2. The minimum atomic E-state index is -0.417. The molecule has 140 valence electrons. The van der Waals surface area contributed by atoms with Crippen molar-refractivity contribution in [1.29, 1.82) is 0 Å². The van der Waals surface area contributed by atoms with Crippen LogP contribution in [0.15, 0.2) is 60.9 Å². The van der Waals surface area contributed by atoms with Crippen LogP contribution in [-0.2, 0) is 13.1 Å². The summed E-state index contributed by atoms with van der Waals surface area (Å²) in [5, 5.41) is 9.64. The van der Waals surface area contributed by atoms with E-state index in [1.165, 1.54) is 18.2 Å². The van der Waals surface area contributed by atoms with E-state index in [9.17, 15) is 9.18 Å². The number of anilines is 1. The van der Waals surface area contributed by atoms with Crippen molar-refractivity contribution in [2.24, 2.45) is 0 Å². The summed E-state index contributed by atoms with van der Waals surface area (Å²) in [5.74, 6) is -0.116. The highest BCUT2D eigenvalue weighted by molar-refractivity contribution is 5.90. The molecule has 0 aliphatic rings. The molecule has 7 heteroatoms. The van der Waals surface area contributed by atoms with Gasteiger partial charge in [0.05, 0.1) is 18.8 Å². The zero-order valence-corrected chi connectivity index (χ0v) is 15.0. The first-order valence-corrected chi connectivity index (χ1v) is 8.66. The lowest BCUT2D eigenvalue weighted by Gasteiger charge is -2.12. The van der Waals surface area contributed by atoms with Gasteiger partial charge in [-0.25, -0.2) is 9.18 Å². The van der Waals surface area contributed by atoms with Crippen molar-refractivity contribution in [2.45, 2.75) is 20.0 Å². The molecule has 2 aromatic carbocycles. The average Bonchev–Trinajstić information content (AvgIpc) is 3.17. The van der Waals surface area contributed by atoms with E-state index in [0.717, 1.165) is 11.1 Å². The molecule has 3 rings (SSSR count). The van der Waals surface area contributed by atoms with Crippen molar-refractivity contribution in [1.82, 2.24) is 15.1 Å². The summed E-state index contributed by atoms with van der Waals surface area (Å²) >= 11 is 0. The third-order valence-electron chi connectivity index (χ3n) is 3.87. The number of urea groups is 1. The zero-order valence-electron chi connectivity index (χ0n) is 15.0. The Morgan fingerprint density at radius 3 is 2.67 bits per heavy atom. The van der Waals surface area contributed by atoms with Gasteiger partial charge in [0, 0.05) is 25.0 Å². The molecule has 0 fully saturated rings. The van der Waals surface area contributed by atoms with Gasteiger partial charge in [0.1, 0.15) is 11.6 Å². The van der Waals surface area contributed by atoms with E-state index in [4.69, 9.17) is 4.74 Å². The van der Waals surface area contributed by atoms with Crippen LogP contribution in [0, 0.1) is 5.82 Å². The van der Waals surface area contributed by atoms with Crippen molar-refractivity contribution < 1.29 is 13.9 Å². The van der Waals surface area contributed by atoms with Crippen LogP contribution in [0.25, 0.3) is 0 Å². The molecule has 0 radical (unpaired) electrons. The second-order valence-corrected chi connectivity index (χ2v) is 5.90. The summed E-state index contributed by atoms with van der Waals surface area (Å²) in [7, 11) is 0. The van der Waals surface area contributed by atoms with Crippen LogP contribution in [0.5, 0.6) is 5.75 Å². The van der Waals surface area contributed by atoms with Gasteiger partial charge in [-0.1, -0.05) is 24.3 Å². The fourth-order valence-corrected chi connectivity index (χ4v) is 2.57. The lowest BCUT2D eigenvalue weighted by atomic mass is 10.1. The number of benzene rings is 2. The second kappa shape index (κ2) is 8.84. The molecule has 0 saturated heterocycles. The topological polar surface area (TPSA) is 68.2 Å². The predicted molar refractivity (Wildman–Crippen MR) is 101 cm³/mol. The first-order chi connectivity index (χ1) is 13.1. The Labute approximate surface area is 157 Å². The number of carbonyl (C=O) groups is 1. The number of hydrogen-bond acceptors (Lipinski definition) is 3. The number of carbonyl (C=O) groups excluding carboxylic acids is 1. The largest absolute Gasteiger partial charge is 0.492 e. The molecule has 0 aliphatic carbocycles. The van der Waals surface area contributed by atoms with E-state index in [1.807, 2.05) is 41.2 Å². The van der Waals surface area contributed by atoms with Crippen molar-refractivity contribution in [3.8, 4) is 5.75 Å². The molecule has 6 nitrogen and oxygen atoms in total. The van der Waals surface area contributed by atoms with E-state index in [2.05, 4.69) is 15.7 Å². The molecule has 0 spiro atoms. The summed E-state index contributed by atoms with van der Waals surface area (Å²) in [6, 6.07) is 13.4. The Morgan fingerprint density at radius 1 is 1.19 bits per heavy atom. The molecule has 0 unspecified atom stereocenters. The van der Waals surface area contributed by atoms with Gasteiger partial charge in [0.25, 0.3) is 0 Å². The number of halogens is 1. The van der Waals surface area contributed by atoms with Gasteiger partial charge in [0.2, 0.25) is 0 Å². The smallest absolute Gasteiger partial charge is 0.319 e. The van der Waals surface area contributed by atoms with Gasteiger partial charge in [0.15, 0.2) is 0 Å². The number of rotatable bonds is 7. The monoisotopic (exact) mass is 368 g/mol. The third-order valence-corrected chi connectivity index (χ3v) is 3.87. The van der Waals surface area contributed by atoms with Crippen LogP contribution in [0.3, 0.4) is 0 Å². The molecule has 0 bridgehead atoms. The van der Waals surface area contributed by atoms with Gasteiger partial charge in [-0.3, -0.25) is 4.68 Å². The Kier molecular flexibility index (Phi) is 6.04. The van der Waals surface area contributed by atoms with Gasteiger partial charge < -0.3 is 15.4 Å². The van der Waals surface area contributed by atoms with Crippen LogP contribution in [0.1, 0.15) is 18.1 Å². The number of aromatic nitrogens is 2. The van der Waals surface area contributed by atoms with Crippen molar-refractivity contribution in [3.05, 3.63) is 77.9 Å². The van der Waals surface area contributed by atoms with Crippen LogP contribution in [-0.4, -0.2) is 22.4 Å². The maximum absolute atomic E-state index is 13.3. The Bertz CT molecular complexity index is 880. The Balaban J connectivity index is 1.53. The van der Waals surface area contributed by atoms with E-state index in [-0.39, 0.29) is 6.03 Å². The SMILES string of the molecule is CCOc1cc(F)ccc1NC(=O)NCc1ccc(Cn2cccn2)cc1. The number of amides is 2. The maximum Gasteiger partial charge on any atom is 0.319 e. The molecule has 1 heterocycles. The van der Waals surface area contributed by atoms with E-state index >= 15 is 0 Å². The van der Waals surface area contributed by atoms with E-state index in [1.54, 1.807) is 13.1 Å². The van der Waals surface area contributed by atoms with Gasteiger partial charge >= 0.3 is 6.03 Å². The highest BCUT2D eigenvalue weighted by Gasteiger charge is 2.09. The van der Waals surface area contributed by atoms with Crippen molar-refractivity contribution in [3.63, 3.8) is 0 Å². The highest BCUT2D eigenvalue weighted by Crippen LogP contribution is 2.25. The fraction of sp³-hybridized carbons (Fsp3) is 0.200. The van der Waals surface area contributed by atoms with E-state index in [0.29, 0.717) is 31.1 Å². The molecule has 1 aromatic heterocycles. The Hall–Kier alpha value is -3.35. The lowest BCUT2D eigenvalue weighted by molar-refractivity contribution is 0.251. The molecule has 3 aromatic rings. The summed E-state index contributed by atoms with van der Waals surface area (Å²) < 4.78 is 20.5. The summed E-state index contributed by atoms with van der Waals surface area (Å²) in [6.45, 7) is 3.25. The van der Waals surface area contributed by atoms with Crippen LogP contribution >= 0.6 is 0 Å². The number of ether oxygens (including phenoxy) is 1. The van der Waals surface area contributed by atoms with Crippen molar-refractivity contribution >= 4 is 11.7 Å². The second-order valence-electron chi connectivity index (χ2n) is 5.90. The predicted octanol–water partition coefficient (Wildman–Crippen LogP) is 3.79. The third kappa shape index (κ3) is 5.31. The molecule has 0 saturated carbocycles. The molecule has 2 amide bonds. The number of nitrogens with one attached hydrogen (secondary N) is 2. The summed E-state index contributed by atoms with van der Waals surface area (Å²) in [4.78, 5) is 12.1. The zero-order chi connectivity index (χ0) is 19.1. The maximum atomic E-state index is 13.3. The molecule has 0 aliphatic heterocycles. The lowest BCUT2D eigenvalue weighted by Crippen LogP contribution is -2.28. The normalized spacial score (nSPS) is 10.4. The van der Waals surface area contributed by atoms with Crippen LogP contribution in [0.2, 0.25) is 0 Å². The van der Waals surface area contributed by atoms with Crippen molar-refractivity contribution in [2.75, 3.05) is 11.9 Å². The first kappa shape index (κ1) is 18.4. The van der Waals surface area contributed by atoms with Gasteiger partial charge in [-0.05, 0) is 36.2 Å². The van der Waals surface area contributed by atoms with E-state index < -0.39 is 5.82 Å². The fourth-order valence-electron chi connectivity index (χ4n) is 2.57. The molecule has 0 atom stereocenters. The minimum Gasteiger partial charge on any atom is -0.492 e.